The van der Waals surface area contributed by atoms with Crippen LogP contribution in [0.2, 0.25) is 0 Å². The van der Waals surface area contributed by atoms with E-state index in [4.69, 9.17) is 4.74 Å². The summed E-state index contributed by atoms with van der Waals surface area (Å²) in [5, 5.41) is 0. The zero-order valence-electron chi connectivity index (χ0n) is 14.5. The molecule has 128 valence electrons. The first-order valence-electron chi connectivity index (χ1n) is 8.95. The molecule has 0 N–H and O–H groups in total. The van der Waals surface area contributed by atoms with Crippen molar-refractivity contribution >= 4 is 27.0 Å². The highest BCUT2D eigenvalue weighted by Gasteiger charge is 2.13. The zero-order valence-corrected chi connectivity index (χ0v) is 16.5. The van der Waals surface area contributed by atoms with Crippen molar-refractivity contribution in [2.45, 2.75) is 19.3 Å². The molecule has 0 aliphatic carbocycles. The number of fused-ring (bicyclic) bond motifs is 1. The van der Waals surface area contributed by atoms with E-state index in [0.717, 1.165) is 45.6 Å². The van der Waals surface area contributed by atoms with E-state index < -0.39 is 0 Å². The van der Waals surface area contributed by atoms with Gasteiger partial charge in [-0.25, -0.2) is 9.97 Å². The van der Waals surface area contributed by atoms with Gasteiger partial charge in [-0.2, -0.15) is 0 Å². The molecule has 1 aliphatic rings. The summed E-state index contributed by atoms with van der Waals surface area (Å²) in [5.41, 5.74) is 4.79. The Morgan fingerprint density at radius 1 is 1.00 bits per heavy atom. The molecular formula is C19H22N4OSi. The molecule has 0 unspecified atom stereocenters. The van der Waals surface area contributed by atoms with E-state index in [0.29, 0.717) is 12.1 Å². The minimum atomic E-state index is 0.579. The maximum Gasteiger partial charge on any atom is 0.242 e. The van der Waals surface area contributed by atoms with E-state index in [1.54, 1.807) is 12.4 Å². The number of nitrogens with zero attached hydrogens (tertiary/aromatic N) is 4. The van der Waals surface area contributed by atoms with Crippen LogP contribution in [0.4, 0.5) is 5.69 Å². The summed E-state index contributed by atoms with van der Waals surface area (Å²) in [6, 6.07) is 10.6. The van der Waals surface area contributed by atoms with E-state index in [-0.39, 0.29) is 0 Å². The molecule has 3 aromatic rings. The fourth-order valence-electron chi connectivity index (χ4n) is 3.32. The van der Waals surface area contributed by atoms with Crippen LogP contribution in [0.15, 0.2) is 42.7 Å². The Hall–Kier alpha value is -2.47. The third-order valence-corrected chi connectivity index (χ3v) is 4.88. The number of aromatic nitrogens is 3. The van der Waals surface area contributed by atoms with Gasteiger partial charge >= 0.3 is 0 Å². The molecule has 6 heteroatoms. The first-order chi connectivity index (χ1) is 12.3. The lowest BCUT2D eigenvalue weighted by atomic mass is 10.1. The summed E-state index contributed by atoms with van der Waals surface area (Å²) in [6.07, 6.45) is 7.99. The highest BCUT2D eigenvalue weighted by molar-refractivity contribution is 6.08. The van der Waals surface area contributed by atoms with Crippen molar-refractivity contribution < 1.29 is 4.74 Å². The highest BCUT2D eigenvalue weighted by Crippen LogP contribution is 2.28. The molecule has 0 radical (unpaired) electrons. The van der Waals surface area contributed by atoms with Gasteiger partial charge in [0.15, 0.2) is 5.52 Å². The third kappa shape index (κ3) is 3.35. The van der Waals surface area contributed by atoms with Crippen molar-refractivity contribution in [3.63, 3.8) is 0 Å². The normalized spacial score (nSPS) is 14.8. The highest BCUT2D eigenvalue weighted by atomic mass is 28.1. The van der Waals surface area contributed by atoms with Crippen LogP contribution >= 0.6 is 0 Å². The minimum absolute atomic E-state index is 0.579. The summed E-state index contributed by atoms with van der Waals surface area (Å²) >= 11 is 0. The lowest BCUT2D eigenvalue weighted by Gasteiger charge is -2.28. The lowest BCUT2D eigenvalue weighted by molar-refractivity contribution is 0.376. The number of benzene rings is 1. The molecule has 0 saturated carbocycles. The van der Waals surface area contributed by atoms with Crippen molar-refractivity contribution in [1.29, 1.82) is 0 Å². The van der Waals surface area contributed by atoms with Gasteiger partial charge in [0.2, 0.25) is 5.88 Å². The minimum Gasteiger partial charge on any atom is -0.481 e. The molecule has 0 bridgehead atoms. The molecule has 0 spiro atoms. The molecule has 0 atom stereocenters. The van der Waals surface area contributed by atoms with Gasteiger partial charge in [0.1, 0.15) is 0 Å². The zero-order chi connectivity index (χ0) is 17.1. The Kier molecular flexibility index (Phi) is 4.61. The van der Waals surface area contributed by atoms with Gasteiger partial charge in [-0.05, 0) is 37.5 Å². The van der Waals surface area contributed by atoms with Gasteiger partial charge < -0.3 is 9.64 Å². The topological polar surface area (TPSA) is 51.1 Å². The van der Waals surface area contributed by atoms with E-state index >= 15 is 0 Å². The Labute approximate surface area is 150 Å². The first kappa shape index (κ1) is 16.0. The van der Waals surface area contributed by atoms with E-state index in [1.807, 2.05) is 6.07 Å². The molecule has 2 aromatic heterocycles. The second-order valence-electron chi connectivity index (χ2n) is 6.26. The molecule has 1 fully saturated rings. The predicted octanol–water partition coefficient (Wildman–Crippen LogP) is 2.38. The summed E-state index contributed by atoms with van der Waals surface area (Å²) < 4.78 is 5.74. The predicted molar refractivity (Wildman–Crippen MR) is 104 cm³/mol. The Bertz CT molecular complexity index is 863. The smallest absolute Gasteiger partial charge is 0.242 e. The second-order valence-corrected chi connectivity index (χ2v) is 6.84. The van der Waals surface area contributed by atoms with Gasteiger partial charge in [-0.3, -0.25) is 4.98 Å². The second kappa shape index (κ2) is 7.19. The Morgan fingerprint density at radius 3 is 2.52 bits per heavy atom. The number of piperidine rings is 1. The van der Waals surface area contributed by atoms with Crippen LogP contribution in [0.25, 0.3) is 22.3 Å². The lowest BCUT2D eigenvalue weighted by Crippen LogP contribution is -2.29. The average molecular weight is 350 g/mol. The number of hydrogen-bond acceptors (Lipinski definition) is 5. The number of ether oxygens (including phenoxy) is 1. The summed E-state index contributed by atoms with van der Waals surface area (Å²) in [5.74, 6) is 0.579. The molecule has 4 rings (SSSR count). The number of pyridine rings is 1. The Balaban J connectivity index is 1.69. The molecule has 1 aromatic carbocycles. The molecule has 25 heavy (non-hydrogen) atoms. The number of anilines is 1. The summed E-state index contributed by atoms with van der Waals surface area (Å²) in [4.78, 5) is 15.9. The quantitative estimate of drug-likeness (QED) is 0.676. The fraction of sp³-hybridized carbons (Fsp3) is 0.316. The molecule has 1 aliphatic heterocycles. The van der Waals surface area contributed by atoms with Crippen LogP contribution in [-0.2, 0) is 0 Å². The molecule has 0 amide bonds. The van der Waals surface area contributed by atoms with Gasteiger partial charge in [0.05, 0.1) is 27.7 Å². The Morgan fingerprint density at radius 2 is 1.76 bits per heavy atom. The fourth-order valence-corrected chi connectivity index (χ4v) is 3.60. The van der Waals surface area contributed by atoms with Crippen LogP contribution in [0.5, 0.6) is 5.88 Å². The van der Waals surface area contributed by atoms with E-state index in [9.17, 15) is 0 Å². The number of rotatable bonds is 4. The van der Waals surface area contributed by atoms with Gasteiger partial charge in [-0.1, -0.05) is 12.1 Å². The third-order valence-electron chi connectivity index (χ3n) is 4.59. The largest absolute Gasteiger partial charge is 0.481 e. The van der Waals surface area contributed by atoms with Gasteiger partial charge in [-0.15, -0.1) is 0 Å². The maximum absolute atomic E-state index is 5.74. The van der Waals surface area contributed by atoms with E-state index in [1.165, 1.54) is 24.9 Å². The molecule has 1 saturated heterocycles. The van der Waals surface area contributed by atoms with Crippen LogP contribution in [-0.4, -0.2) is 44.5 Å². The van der Waals surface area contributed by atoms with Crippen molar-refractivity contribution in [1.82, 2.24) is 15.0 Å². The maximum atomic E-state index is 5.74. The van der Waals surface area contributed by atoms with E-state index in [2.05, 4.69) is 44.1 Å². The first-order valence-corrected chi connectivity index (χ1v) is 10.4. The van der Waals surface area contributed by atoms with Gasteiger partial charge in [0, 0.05) is 36.7 Å². The standard InChI is InChI=1S/C19H22N4OSi/c25-13-24-19-18-17(20-8-9-21-18)12-16(22-19)14-4-6-15(7-5-14)23-10-2-1-3-11-23/h4-9,12H,1-3,10-11,13H2,25H3. The molecule has 3 heterocycles. The summed E-state index contributed by atoms with van der Waals surface area (Å²) in [6.45, 7) is 2.31. The number of hydrogen-bond donors (Lipinski definition) is 0. The SMILES string of the molecule is [SiH3]COc1nc(-c2ccc(N3CCCCC3)cc2)cc2nccnc12. The van der Waals surface area contributed by atoms with Crippen molar-refractivity contribution in [3.8, 4) is 17.1 Å². The van der Waals surface area contributed by atoms with Crippen molar-refractivity contribution in [3.05, 3.63) is 42.7 Å². The van der Waals surface area contributed by atoms with Crippen molar-refractivity contribution in [2.24, 2.45) is 0 Å². The van der Waals surface area contributed by atoms with Crippen LogP contribution < -0.4 is 9.64 Å². The van der Waals surface area contributed by atoms with Crippen molar-refractivity contribution in [2.75, 3.05) is 24.2 Å². The van der Waals surface area contributed by atoms with Crippen LogP contribution in [0.1, 0.15) is 19.3 Å². The molecular weight excluding hydrogens is 328 g/mol. The summed E-state index contributed by atoms with van der Waals surface area (Å²) in [7, 11) is 0.954. The average Bonchev–Trinajstić information content (AvgIpc) is 2.69. The van der Waals surface area contributed by atoms with Crippen LogP contribution in [0, 0.1) is 0 Å². The molecule has 5 nitrogen and oxygen atoms in total. The monoisotopic (exact) mass is 350 g/mol. The van der Waals surface area contributed by atoms with Crippen LogP contribution in [0.3, 0.4) is 0 Å². The van der Waals surface area contributed by atoms with Gasteiger partial charge in [0.25, 0.3) is 0 Å².